The van der Waals surface area contributed by atoms with Crippen LogP contribution in [0.1, 0.15) is 48.8 Å². The molecule has 3 aromatic rings. The Hall–Kier alpha value is -3.30. The van der Waals surface area contributed by atoms with E-state index in [1.807, 2.05) is 36.4 Å². The molecule has 0 unspecified atom stereocenters. The molecule has 0 radical (unpaired) electrons. The van der Waals surface area contributed by atoms with E-state index in [1.54, 1.807) is 16.9 Å². The van der Waals surface area contributed by atoms with Gasteiger partial charge < -0.3 is 20.4 Å². The zero-order valence-electron chi connectivity index (χ0n) is 20.5. The summed E-state index contributed by atoms with van der Waals surface area (Å²) in [5, 5.41) is 11.3. The van der Waals surface area contributed by atoms with Crippen molar-refractivity contribution in [2.45, 2.75) is 38.6 Å². The van der Waals surface area contributed by atoms with Crippen LogP contribution >= 0.6 is 0 Å². The van der Waals surface area contributed by atoms with Gasteiger partial charge in [-0.15, -0.1) is 0 Å². The lowest BCUT2D eigenvalue weighted by molar-refractivity contribution is 0.102. The van der Waals surface area contributed by atoms with Gasteiger partial charge in [0.2, 0.25) is 0 Å². The summed E-state index contributed by atoms with van der Waals surface area (Å²) in [6.45, 7) is 10.2. The van der Waals surface area contributed by atoms with E-state index in [2.05, 4.69) is 44.2 Å². The Kier molecular flexibility index (Phi) is 7.06. The van der Waals surface area contributed by atoms with Crippen LogP contribution in [0.25, 0.3) is 5.82 Å². The largest absolute Gasteiger partial charge is 0.354 e. The number of carbonyl (C=O) groups excluding carboxylic acids is 1. The highest BCUT2D eigenvalue weighted by Crippen LogP contribution is 2.30. The summed E-state index contributed by atoms with van der Waals surface area (Å²) in [4.78, 5) is 27.1. The lowest BCUT2D eigenvalue weighted by atomic mass is 9.93. The third-order valence-electron chi connectivity index (χ3n) is 6.92. The summed E-state index contributed by atoms with van der Waals surface area (Å²) in [6.07, 6.45) is 3.85. The van der Waals surface area contributed by atoms with E-state index in [9.17, 15) is 4.79 Å². The number of rotatable bonds is 6. The smallest absolute Gasteiger partial charge is 0.275 e. The second-order valence-corrected chi connectivity index (χ2v) is 9.53. The Balaban J connectivity index is 1.38. The van der Waals surface area contributed by atoms with Gasteiger partial charge in [-0.2, -0.15) is 9.78 Å². The molecule has 184 valence electrons. The highest BCUT2D eigenvalue weighted by Gasteiger charge is 2.26. The number of likely N-dealkylation sites (tertiary alicyclic amines) is 1. The first-order chi connectivity index (χ1) is 17.1. The Morgan fingerprint density at radius 2 is 1.80 bits per heavy atom. The van der Waals surface area contributed by atoms with E-state index in [-0.39, 0.29) is 5.91 Å². The molecule has 9 nitrogen and oxygen atoms in total. The number of piperidine rings is 1. The monoisotopic (exact) mass is 474 g/mol. The summed E-state index contributed by atoms with van der Waals surface area (Å²) < 4.78 is 1.74. The van der Waals surface area contributed by atoms with E-state index in [4.69, 9.17) is 5.10 Å². The fourth-order valence-corrected chi connectivity index (χ4v) is 4.85. The van der Waals surface area contributed by atoms with Crippen LogP contribution in [-0.2, 0) is 0 Å². The van der Waals surface area contributed by atoms with E-state index in [1.165, 1.54) is 0 Å². The molecule has 0 aliphatic carbocycles. The van der Waals surface area contributed by atoms with Gasteiger partial charge in [0.15, 0.2) is 5.82 Å². The molecule has 0 bridgehead atoms. The number of pyridine rings is 2. The van der Waals surface area contributed by atoms with Gasteiger partial charge in [0, 0.05) is 50.4 Å². The van der Waals surface area contributed by atoms with Crippen LogP contribution in [0.2, 0.25) is 0 Å². The van der Waals surface area contributed by atoms with Crippen molar-refractivity contribution in [2.24, 2.45) is 0 Å². The maximum atomic E-state index is 13.3. The van der Waals surface area contributed by atoms with Crippen molar-refractivity contribution in [3.05, 3.63) is 60.0 Å². The van der Waals surface area contributed by atoms with Crippen molar-refractivity contribution in [3.63, 3.8) is 0 Å². The molecular formula is C26H34N8O. The molecule has 2 N–H and O–H groups in total. The first kappa shape index (κ1) is 23.4. The van der Waals surface area contributed by atoms with Crippen molar-refractivity contribution in [1.82, 2.24) is 30.0 Å². The van der Waals surface area contributed by atoms with Crippen LogP contribution in [0, 0.1) is 0 Å². The van der Waals surface area contributed by atoms with Crippen LogP contribution < -0.4 is 15.5 Å². The molecule has 5 heterocycles. The average Bonchev–Trinajstić information content (AvgIpc) is 3.33. The number of anilines is 2. The first-order valence-electron chi connectivity index (χ1n) is 12.6. The van der Waals surface area contributed by atoms with Gasteiger partial charge in [0.05, 0.1) is 5.69 Å². The predicted octanol–water partition coefficient (Wildman–Crippen LogP) is 2.91. The number of hydrogen-bond acceptors (Lipinski definition) is 7. The van der Waals surface area contributed by atoms with Gasteiger partial charge in [-0.05, 0) is 64.0 Å². The molecule has 2 aliphatic rings. The number of nitrogens with zero attached hydrogens (tertiary/aromatic N) is 6. The third-order valence-corrected chi connectivity index (χ3v) is 6.92. The summed E-state index contributed by atoms with van der Waals surface area (Å²) in [7, 11) is 0. The summed E-state index contributed by atoms with van der Waals surface area (Å²) in [5.41, 5.74) is 1.39. The Labute approximate surface area is 206 Å². The molecule has 35 heavy (non-hydrogen) atoms. The van der Waals surface area contributed by atoms with Crippen LogP contribution in [0.3, 0.4) is 0 Å². The van der Waals surface area contributed by atoms with Gasteiger partial charge in [-0.1, -0.05) is 12.1 Å². The number of hydrogen-bond donors (Lipinski definition) is 2. The summed E-state index contributed by atoms with van der Waals surface area (Å²) >= 11 is 0. The maximum Gasteiger partial charge on any atom is 0.275 e. The van der Waals surface area contributed by atoms with Crippen LogP contribution in [0.4, 0.5) is 11.6 Å². The van der Waals surface area contributed by atoms with Crippen molar-refractivity contribution >= 4 is 17.5 Å². The number of aromatic nitrogens is 4. The molecule has 0 saturated carbocycles. The van der Waals surface area contributed by atoms with Crippen molar-refractivity contribution in [3.8, 4) is 5.82 Å². The van der Waals surface area contributed by atoms with Crippen LogP contribution in [-0.4, -0.2) is 75.9 Å². The molecular weight excluding hydrogens is 440 g/mol. The molecule has 5 rings (SSSR count). The van der Waals surface area contributed by atoms with Gasteiger partial charge in [0.1, 0.15) is 17.3 Å². The third kappa shape index (κ3) is 5.36. The molecule has 9 heteroatoms. The van der Waals surface area contributed by atoms with Crippen LogP contribution in [0.5, 0.6) is 0 Å². The van der Waals surface area contributed by atoms with Gasteiger partial charge in [-0.3, -0.25) is 4.79 Å². The lowest BCUT2D eigenvalue weighted by Crippen LogP contribution is -2.44. The minimum Gasteiger partial charge on any atom is -0.354 e. The number of piperazine rings is 1. The van der Waals surface area contributed by atoms with Crippen molar-refractivity contribution < 1.29 is 4.79 Å². The second kappa shape index (κ2) is 10.5. The molecule has 1 amide bonds. The Morgan fingerprint density at radius 1 is 1.03 bits per heavy atom. The summed E-state index contributed by atoms with van der Waals surface area (Å²) in [6, 6.07) is 13.9. The average molecular weight is 475 g/mol. The zero-order chi connectivity index (χ0) is 24.2. The molecule has 0 aromatic carbocycles. The molecule has 2 saturated heterocycles. The quantitative estimate of drug-likeness (QED) is 0.568. The second-order valence-electron chi connectivity index (χ2n) is 9.53. The van der Waals surface area contributed by atoms with Gasteiger partial charge in [0.25, 0.3) is 5.91 Å². The van der Waals surface area contributed by atoms with Gasteiger partial charge in [-0.25, -0.2) is 9.97 Å². The SMILES string of the molecule is CC(C)N1CCC(c2cc(NC(=O)c3cccc(N4CCNCC4)n3)n(-c3ccccn3)n2)CC1. The van der Waals surface area contributed by atoms with Crippen molar-refractivity contribution in [1.29, 1.82) is 0 Å². The van der Waals surface area contributed by atoms with Crippen LogP contribution in [0.15, 0.2) is 48.7 Å². The van der Waals surface area contributed by atoms with E-state index >= 15 is 0 Å². The lowest BCUT2D eigenvalue weighted by Gasteiger charge is -2.33. The molecule has 0 atom stereocenters. The van der Waals surface area contributed by atoms with E-state index in [0.29, 0.717) is 29.3 Å². The first-order valence-corrected chi connectivity index (χ1v) is 12.6. The number of nitrogens with one attached hydrogen (secondary N) is 2. The standard InChI is InChI=1S/C26H34N8O/c1-19(2)32-14-9-20(10-15-32)22-18-25(34(31-22)23-7-3-4-11-28-23)30-26(35)21-6-5-8-24(29-21)33-16-12-27-13-17-33/h3-8,11,18-20,27H,9-10,12-17H2,1-2H3,(H,30,35). The van der Waals surface area contributed by atoms with Crippen molar-refractivity contribution in [2.75, 3.05) is 49.5 Å². The van der Waals surface area contributed by atoms with E-state index < -0.39 is 0 Å². The molecule has 2 fully saturated rings. The minimum atomic E-state index is -0.250. The zero-order valence-corrected chi connectivity index (χ0v) is 20.5. The van der Waals surface area contributed by atoms with E-state index in [0.717, 1.165) is 63.6 Å². The number of amides is 1. The fourth-order valence-electron chi connectivity index (χ4n) is 4.85. The van der Waals surface area contributed by atoms with Gasteiger partial charge >= 0.3 is 0 Å². The molecule has 2 aliphatic heterocycles. The summed E-state index contributed by atoms with van der Waals surface area (Å²) in [5.74, 6) is 2.23. The molecule has 0 spiro atoms. The normalized spacial score (nSPS) is 17.6. The highest BCUT2D eigenvalue weighted by molar-refractivity contribution is 6.02. The Bertz CT molecular complexity index is 1130. The maximum absolute atomic E-state index is 13.3. The number of carbonyl (C=O) groups is 1. The predicted molar refractivity (Wildman–Crippen MR) is 137 cm³/mol. The minimum absolute atomic E-state index is 0.250. The fraction of sp³-hybridized carbons (Fsp3) is 0.462. The highest BCUT2D eigenvalue weighted by atomic mass is 16.2. The Morgan fingerprint density at radius 3 is 2.51 bits per heavy atom. The molecule has 3 aromatic heterocycles. The topological polar surface area (TPSA) is 91.2 Å².